The molecule has 1 aromatic heterocycles. The van der Waals surface area contributed by atoms with E-state index in [0.29, 0.717) is 12.0 Å². The number of aliphatic imine (C=N–C) groups is 1. The molecule has 0 atom stereocenters. The first-order chi connectivity index (χ1) is 12.8. The van der Waals surface area contributed by atoms with Gasteiger partial charge in [-0.15, -0.1) is 34.2 Å². The Morgan fingerprint density at radius 1 is 1.26 bits per heavy atom. The van der Waals surface area contributed by atoms with Crippen molar-refractivity contribution in [1.29, 1.82) is 0 Å². The standard InChI is InChI=1S/C19H28N6O.HI/c1-20-18(22-14-19(9-6-10-19)11-12-26-2)21-13-17-24-23-15-25(17)16-7-4-3-5-8-16;/h3-5,7-8,15H,6,9-14H2,1-2H3,(H2,20,21,22);1H. The molecule has 0 unspecified atom stereocenters. The molecule has 1 saturated carbocycles. The fraction of sp³-hybridized carbons (Fsp3) is 0.526. The Morgan fingerprint density at radius 2 is 2.04 bits per heavy atom. The van der Waals surface area contributed by atoms with Gasteiger partial charge in [0.05, 0.1) is 6.54 Å². The third-order valence-corrected chi connectivity index (χ3v) is 5.17. The SMILES string of the molecule is CN=C(NCc1nncn1-c1ccccc1)NCC1(CCOC)CCC1.I. The van der Waals surface area contributed by atoms with Gasteiger partial charge in [-0.25, -0.2) is 0 Å². The summed E-state index contributed by atoms with van der Waals surface area (Å²) in [7, 11) is 3.56. The van der Waals surface area contributed by atoms with E-state index in [2.05, 4.69) is 25.8 Å². The zero-order valence-electron chi connectivity index (χ0n) is 16.0. The lowest BCUT2D eigenvalue weighted by molar-refractivity contribution is 0.0732. The Morgan fingerprint density at radius 3 is 2.67 bits per heavy atom. The van der Waals surface area contributed by atoms with Gasteiger partial charge in [0.1, 0.15) is 6.33 Å². The smallest absolute Gasteiger partial charge is 0.191 e. The van der Waals surface area contributed by atoms with Gasteiger partial charge in [0.2, 0.25) is 0 Å². The van der Waals surface area contributed by atoms with Crippen LogP contribution >= 0.6 is 24.0 Å². The number of guanidine groups is 1. The maximum Gasteiger partial charge on any atom is 0.191 e. The van der Waals surface area contributed by atoms with E-state index in [0.717, 1.165) is 37.0 Å². The topological polar surface area (TPSA) is 76.4 Å². The Hall–Kier alpha value is -1.68. The van der Waals surface area contributed by atoms with Gasteiger partial charge in [-0.1, -0.05) is 24.6 Å². The number of rotatable bonds is 8. The molecular weight excluding hydrogens is 455 g/mol. The fourth-order valence-electron chi connectivity index (χ4n) is 3.35. The molecule has 0 amide bonds. The predicted molar refractivity (Wildman–Crippen MR) is 118 cm³/mol. The first-order valence-corrected chi connectivity index (χ1v) is 9.14. The number of hydrogen-bond donors (Lipinski definition) is 2. The zero-order valence-corrected chi connectivity index (χ0v) is 18.3. The molecule has 1 fully saturated rings. The Balaban J connectivity index is 0.00000261. The summed E-state index contributed by atoms with van der Waals surface area (Å²) in [6.45, 7) is 2.29. The molecule has 0 saturated heterocycles. The number of methoxy groups -OCH3 is 1. The van der Waals surface area contributed by atoms with Crippen LogP contribution in [0.5, 0.6) is 0 Å². The number of para-hydroxylation sites is 1. The molecule has 1 aliphatic carbocycles. The van der Waals surface area contributed by atoms with Crippen LogP contribution in [0.3, 0.4) is 0 Å². The van der Waals surface area contributed by atoms with Crippen LogP contribution in [0.2, 0.25) is 0 Å². The molecule has 148 valence electrons. The average Bonchev–Trinajstić information content (AvgIpc) is 3.12. The highest BCUT2D eigenvalue weighted by molar-refractivity contribution is 14.0. The van der Waals surface area contributed by atoms with E-state index in [9.17, 15) is 0 Å². The minimum Gasteiger partial charge on any atom is -0.385 e. The largest absolute Gasteiger partial charge is 0.385 e. The number of aromatic nitrogens is 3. The van der Waals surface area contributed by atoms with Crippen molar-refractivity contribution in [3.63, 3.8) is 0 Å². The summed E-state index contributed by atoms with van der Waals surface area (Å²) in [6, 6.07) is 10.1. The highest BCUT2D eigenvalue weighted by Crippen LogP contribution is 2.43. The second kappa shape index (κ2) is 10.6. The molecule has 8 heteroatoms. The molecule has 7 nitrogen and oxygen atoms in total. The van der Waals surface area contributed by atoms with Crippen LogP contribution in [-0.4, -0.2) is 48.0 Å². The molecule has 0 spiro atoms. The lowest BCUT2D eigenvalue weighted by Gasteiger charge is -2.42. The summed E-state index contributed by atoms with van der Waals surface area (Å²) in [5, 5.41) is 15.1. The molecule has 1 aliphatic rings. The van der Waals surface area contributed by atoms with Crippen molar-refractivity contribution in [1.82, 2.24) is 25.4 Å². The van der Waals surface area contributed by atoms with Crippen LogP contribution in [0.15, 0.2) is 41.7 Å². The number of hydrogen-bond acceptors (Lipinski definition) is 4. The fourth-order valence-corrected chi connectivity index (χ4v) is 3.35. The van der Waals surface area contributed by atoms with Gasteiger partial charge in [0.25, 0.3) is 0 Å². The van der Waals surface area contributed by atoms with Gasteiger partial charge >= 0.3 is 0 Å². The summed E-state index contributed by atoms with van der Waals surface area (Å²) >= 11 is 0. The summed E-state index contributed by atoms with van der Waals surface area (Å²) < 4.78 is 7.24. The van der Waals surface area contributed by atoms with Gasteiger partial charge < -0.3 is 15.4 Å². The van der Waals surface area contributed by atoms with Crippen molar-refractivity contribution >= 4 is 29.9 Å². The van der Waals surface area contributed by atoms with Crippen LogP contribution in [0.4, 0.5) is 0 Å². The number of ether oxygens (including phenoxy) is 1. The van der Waals surface area contributed by atoms with Crippen LogP contribution in [-0.2, 0) is 11.3 Å². The molecule has 1 aromatic carbocycles. The number of benzene rings is 1. The molecule has 3 rings (SSSR count). The predicted octanol–water partition coefficient (Wildman–Crippen LogP) is 2.76. The number of halogens is 1. The molecule has 0 radical (unpaired) electrons. The molecular formula is C19H29IN6O. The van der Waals surface area contributed by atoms with E-state index in [1.165, 1.54) is 19.3 Å². The van der Waals surface area contributed by atoms with Crippen molar-refractivity contribution in [2.45, 2.75) is 32.2 Å². The number of nitrogens with one attached hydrogen (secondary N) is 2. The van der Waals surface area contributed by atoms with Gasteiger partial charge in [-0.3, -0.25) is 9.56 Å². The first kappa shape index (κ1) is 21.6. The molecule has 1 heterocycles. The third-order valence-electron chi connectivity index (χ3n) is 5.17. The van der Waals surface area contributed by atoms with Crippen LogP contribution in [0, 0.1) is 5.41 Å². The quantitative estimate of drug-likeness (QED) is 0.343. The lowest BCUT2D eigenvalue weighted by Crippen LogP contribution is -2.46. The second-order valence-electron chi connectivity index (χ2n) is 6.83. The van der Waals surface area contributed by atoms with E-state index in [1.54, 1.807) is 20.5 Å². The first-order valence-electron chi connectivity index (χ1n) is 9.14. The highest BCUT2D eigenvalue weighted by Gasteiger charge is 2.36. The monoisotopic (exact) mass is 484 g/mol. The molecule has 2 N–H and O–H groups in total. The average molecular weight is 484 g/mol. The Kier molecular flexibility index (Phi) is 8.49. The summed E-state index contributed by atoms with van der Waals surface area (Å²) in [6.07, 6.45) is 6.63. The molecule has 0 aliphatic heterocycles. The second-order valence-corrected chi connectivity index (χ2v) is 6.83. The van der Waals surface area contributed by atoms with Crippen molar-refractivity contribution in [3.8, 4) is 5.69 Å². The van der Waals surface area contributed by atoms with E-state index in [4.69, 9.17) is 4.74 Å². The van der Waals surface area contributed by atoms with Crippen LogP contribution in [0.1, 0.15) is 31.5 Å². The highest BCUT2D eigenvalue weighted by atomic mass is 127. The third kappa shape index (κ3) is 5.65. The Bertz CT molecular complexity index is 714. The molecule has 0 bridgehead atoms. The van der Waals surface area contributed by atoms with E-state index < -0.39 is 0 Å². The van der Waals surface area contributed by atoms with E-state index >= 15 is 0 Å². The van der Waals surface area contributed by atoms with Gasteiger partial charge in [0.15, 0.2) is 11.8 Å². The summed E-state index contributed by atoms with van der Waals surface area (Å²) in [5.74, 6) is 1.63. The Labute approximate surface area is 178 Å². The normalized spacial score (nSPS) is 15.6. The lowest BCUT2D eigenvalue weighted by atomic mass is 9.67. The summed E-state index contributed by atoms with van der Waals surface area (Å²) in [4.78, 5) is 4.34. The van der Waals surface area contributed by atoms with Crippen LogP contribution in [0.25, 0.3) is 5.69 Å². The van der Waals surface area contributed by atoms with Crippen molar-refractivity contribution in [2.24, 2.45) is 10.4 Å². The van der Waals surface area contributed by atoms with Gasteiger partial charge in [0, 0.05) is 33.0 Å². The van der Waals surface area contributed by atoms with Crippen molar-refractivity contribution in [3.05, 3.63) is 42.5 Å². The minimum absolute atomic E-state index is 0. The molecule has 2 aromatic rings. The zero-order chi connectivity index (χ0) is 18.2. The number of nitrogens with zero attached hydrogens (tertiary/aromatic N) is 4. The van der Waals surface area contributed by atoms with Gasteiger partial charge in [-0.2, -0.15) is 0 Å². The van der Waals surface area contributed by atoms with E-state index in [1.807, 2.05) is 34.9 Å². The van der Waals surface area contributed by atoms with Crippen molar-refractivity contribution < 1.29 is 4.74 Å². The maximum atomic E-state index is 5.27. The van der Waals surface area contributed by atoms with E-state index in [-0.39, 0.29) is 24.0 Å². The van der Waals surface area contributed by atoms with Gasteiger partial charge in [-0.05, 0) is 36.8 Å². The molecule has 27 heavy (non-hydrogen) atoms. The summed E-state index contributed by atoms with van der Waals surface area (Å²) in [5.41, 5.74) is 1.39. The van der Waals surface area contributed by atoms with Crippen molar-refractivity contribution in [2.75, 3.05) is 27.3 Å². The maximum absolute atomic E-state index is 5.27. The van der Waals surface area contributed by atoms with Crippen LogP contribution < -0.4 is 10.6 Å². The minimum atomic E-state index is 0.